The summed E-state index contributed by atoms with van der Waals surface area (Å²) < 4.78 is 5.67. The van der Waals surface area contributed by atoms with E-state index in [1.807, 2.05) is 6.07 Å². The number of nitrogens with one attached hydrogen (secondary N) is 1. The van der Waals surface area contributed by atoms with Crippen molar-refractivity contribution in [3.05, 3.63) is 56.5 Å². The number of hydrogen-bond donors (Lipinski definition) is 2. The lowest BCUT2D eigenvalue weighted by Crippen LogP contribution is -2.14. The van der Waals surface area contributed by atoms with Crippen molar-refractivity contribution < 1.29 is 14.6 Å². The number of carbonyl (C=O) groups excluding carboxylic acids is 1. The molecule has 2 aromatic carbocycles. The van der Waals surface area contributed by atoms with Gasteiger partial charge in [0.15, 0.2) is 0 Å². The number of carbonyl (C=O) groups is 1. The van der Waals surface area contributed by atoms with Crippen LogP contribution in [0.25, 0.3) is 6.08 Å². The lowest BCUT2D eigenvalue weighted by atomic mass is 10.1. The third-order valence-electron chi connectivity index (χ3n) is 3.38. The van der Waals surface area contributed by atoms with Crippen LogP contribution in [-0.4, -0.2) is 18.1 Å². The lowest BCUT2D eigenvalue weighted by molar-refractivity contribution is -0.112. The molecule has 0 saturated heterocycles. The molecule has 0 bridgehead atoms. The summed E-state index contributed by atoms with van der Waals surface area (Å²) in [6, 6.07) is 9.81. The van der Waals surface area contributed by atoms with E-state index in [2.05, 4.69) is 21.2 Å². The molecule has 2 N–H and O–H groups in total. The molecule has 128 valence electrons. The second-order valence-electron chi connectivity index (χ2n) is 5.14. The predicted octanol–water partition coefficient (Wildman–Crippen LogP) is 4.67. The van der Waals surface area contributed by atoms with E-state index >= 15 is 0 Å². The highest BCUT2D eigenvalue weighted by atomic mass is 79.9. The Morgan fingerprint density at radius 3 is 2.72 bits per heavy atom. The first kappa shape index (κ1) is 18.8. The molecule has 5 nitrogen and oxygen atoms in total. The maximum atomic E-state index is 12.4. The Bertz CT molecular complexity index is 904. The van der Waals surface area contributed by atoms with Gasteiger partial charge in [-0.2, -0.15) is 5.26 Å². The van der Waals surface area contributed by atoms with Gasteiger partial charge in [0.2, 0.25) is 0 Å². The van der Waals surface area contributed by atoms with E-state index in [0.717, 1.165) is 5.56 Å². The fraction of sp³-hybridized carbons (Fsp3) is 0.111. The van der Waals surface area contributed by atoms with Crippen LogP contribution in [0.3, 0.4) is 0 Å². The predicted molar refractivity (Wildman–Crippen MR) is 101 cm³/mol. The Morgan fingerprint density at radius 2 is 2.12 bits per heavy atom. The number of benzene rings is 2. The molecule has 0 radical (unpaired) electrons. The number of methoxy groups -OCH3 is 1. The molecule has 0 saturated carbocycles. The number of amides is 1. The van der Waals surface area contributed by atoms with Crippen LogP contribution in [0.4, 0.5) is 5.69 Å². The number of aryl methyl sites for hydroxylation is 1. The summed E-state index contributed by atoms with van der Waals surface area (Å²) in [4.78, 5) is 12.4. The van der Waals surface area contributed by atoms with Gasteiger partial charge < -0.3 is 15.2 Å². The monoisotopic (exact) mass is 420 g/mol. The average molecular weight is 422 g/mol. The van der Waals surface area contributed by atoms with Gasteiger partial charge in [-0.15, -0.1) is 0 Å². The minimum atomic E-state index is -0.577. The van der Waals surface area contributed by atoms with Crippen molar-refractivity contribution in [1.29, 1.82) is 5.26 Å². The van der Waals surface area contributed by atoms with E-state index in [-0.39, 0.29) is 11.3 Å². The van der Waals surface area contributed by atoms with Crippen molar-refractivity contribution in [2.75, 3.05) is 12.4 Å². The fourth-order valence-corrected chi connectivity index (χ4v) is 2.60. The normalized spacial score (nSPS) is 10.9. The smallest absolute Gasteiger partial charge is 0.266 e. The molecular weight excluding hydrogens is 408 g/mol. The van der Waals surface area contributed by atoms with Crippen molar-refractivity contribution >= 4 is 45.2 Å². The summed E-state index contributed by atoms with van der Waals surface area (Å²) >= 11 is 9.24. The van der Waals surface area contributed by atoms with Crippen LogP contribution in [0.2, 0.25) is 5.02 Å². The number of aromatic hydroxyl groups is 1. The van der Waals surface area contributed by atoms with Gasteiger partial charge in [-0.05, 0) is 58.3 Å². The van der Waals surface area contributed by atoms with Crippen LogP contribution in [0, 0.1) is 18.3 Å². The quantitative estimate of drug-likeness (QED) is 0.555. The van der Waals surface area contributed by atoms with Crippen LogP contribution in [0.5, 0.6) is 11.5 Å². The number of phenols is 1. The van der Waals surface area contributed by atoms with E-state index < -0.39 is 5.91 Å². The van der Waals surface area contributed by atoms with Crippen molar-refractivity contribution in [3.63, 3.8) is 0 Å². The number of nitriles is 1. The first-order valence-corrected chi connectivity index (χ1v) is 8.28. The second-order valence-corrected chi connectivity index (χ2v) is 6.40. The van der Waals surface area contributed by atoms with Gasteiger partial charge in [0.1, 0.15) is 23.1 Å². The molecule has 0 aliphatic rings. The number of phenolic OH excluding ortho intramolecular Hbond substituents is 1. The molecule has 7 heteroatoms. The summed E-state index contributed by atoms with van der Waals surface area (Å²) in [6.45, 7) is 1.80. The van der Waals surface area contributed by atoms with Gasteiger partial charge in [-0.3, -0.25) is 4.79 Å². The van der Waals surface area contributed by atoms with Gasteiger partial charge in [0, 0.05) is 11.1 Å². The summed E-state index contributed by atoms with van der Waals surface area (Å²) in [5.41, 5.74) is 1.69. The molecule has 0 fully saturated rings. The van der Waals surface area contributed by atoms with E-state index in [1.165, 1.54) is 19.3 Å². The molecule has 0 atom stereocenters. The molecule has 0 aliphatic heterocycles. The fourth-order valence-electron chi connectivity index (χ4n) is 2.05. The van der Waals surface area contributed by atoms with Crippen molar-refractivity contribution in [3.8, 4) is 17.6 Å². The maximum absolute atomic E-state index is 12.4. The van der Waals surface area contributed by atoms with Crippen LogP contribution in [0.1, 0.15) is 11.1 Å². The summed E-state index contributed by atoms with van der Waals surface area (Å²) in [5.74, 6) is -0.109. The molecule has 25 heavy (non-hydrogen) atoms. The molecule has 2 aromatic rings. The van der Waals surface area contributed by atoms with Crippen molar-refractivity contribution in [2.24, 2.45) is 0 Å². The van der Waals surface area contributed by atoms with Crippen LogP contribution in [-0.2, 0) is 4.79 Å². The first-order valence-electron chi connectivity index (χ1n) is 7.11. The Hall–Kier alpha value is -2.49. The largest absolute Gasteiger partial charge is 0.507 e. The Balaban J connectivity index is 2.32. The molecular formula is C18H14BrClN2O3. The number of ether oxygens (including phenoxy) is 1. The van der Waals surface area contributed by atoms with Gasteiger partial charge in [0.25, 0.3) is 5.91 Å². The topological polar surface area (TPSA) is 82.3 Å². The maximum Gasteiger partial charge on any atom is 0.266 e. The molecule has 0 aromatic heterocycles. The third kappa shape index (κ3) is 4.53. The van der Waals surface area contributed by atoms with E-state index in [1.54, 1.807) is 31.2 Å². The summed E-state index contributed by atoms with van der Waals surface area (Å²) in [5, 5.41) is 22.0. The van der Waals surface area contributed by atoms with Crippen LogP contribution < -0.4 is 10.1 Å². The van der Waals surface area contributed by atoms with Gasteiger partial charge in [-0.1, -0.05) is 17.7 Å². The number of anilines is 1. The SMILES string of the molecule is COc1cc(Cl)c(C)cc1NC(=O)/C(C#N)=C/c1ccc(O)c(Br)c1. The highest BCUT2D eigenvalue weighted by Gasteiger charge is 2.14. The molecule has 2 rings (SSSR count). The zero-order valence-corrected chi connectivity index (χ0v) is 15.8. The number of hydrogen-bond acceptors (Lipinski definition) is 4. The van der Waals surface area contributed by atoms with Gasteiger partial charge in [-0.25, -0.2) is 0 Å². The van der Waals surface area contributed by atoms with E-state index in [4.69, 9.17) is 16.3 Å². The highest BCUT2D eigenvalue weighted by Crippen LogP contribution is 2.31. The minimum absolute atomic E-state index is 0.0708. The molecule has 0 unspecified atom stereocenters. The Labute approximate surface area is 158 Å². The second kappa shape index (κ2) is 8.06. The molecule has 0 spiro atoms. The van der Waals surface area contributed by atoms with Crippen molar-refractivity contribution in [1.82, 2.24) is 0 Å². The standard InChI is InChI=1S/C18H14BrClN2O3/c1-10-5-15(17(25-2)8-14(10)20)22-18(24)12(9-21)6-11-3-4-16(23)13(19)7-11/h3-8,23H,1-2H3,(H,22,24)/b12-6+. The molecule has 1 amide bonds. The van der Waals surface area contributed by atoms with Crippen LogP contribution >= 0.6 is 27.5 Å². The lowest BCUT2D eigenvalue weighted by Gasteiger charge is -2.12. The summed E-state index contributed by atoms with van der Waals surface area (Å²) in [6.07, 6.45) is 1.43. The van der Waals surface area contributed by atoms with Gasteiger partial charge >= 0.3 is 0 Å². The van der Waals surface area contributed by atoms with Gasteiger partial charge in [0.05, 0.1) is 17.3 Å². The van der Waals surface area contributed by atoms with Crippen molar-refractivity contribution in [2.45, 2.75) is 6.92 Å². The highest BCUT2D eigenvalue weighted by molar-refractivity contribution is 9.10. The van der Waals surface area contributed by atoms with Crippen LogP contribution in [0.15, 0.2) is 40.4 Å². The Kier molecular flexibility index (Phi) is 6.07. The molecule has 0 aliphatic carbocycles. The zero-order chi connectivity index (χ0) is 18.6. The van der Waals surface area contributed by atoms with E-state index in [0.29, 0.717) is 26.5 Å². The first-order chi connectivity index (χ1) is 11.8. The average Bonchev–Trinajstić information content (AvgIpc) is 2.58. The zero-order valence-electron chi connectivity index (χ0n) is 13.4. The number of nitrogens with zero attached hydrogens (tertiary/aromatic N) is 1. The number of rotatable bonds is 4. The summed E-state index contributed by atoms with van der Waals surface area (Å²) in [7, 11) is 1.46. The number of halogens is 2. The minimum Gasteiger partial charge on any atom is -0.507 e. The van der Waals surface area contributed by atoms with E-state index in [9.17, 15) is 15.2 Å². The molecule has 0 heterocycles. The third-order valence-corrected chi connectivity index (χ3v) is 4.42. The Morgan fingerprint density at radius 1 is 1.40 bits per heavy atom.